The number of halogens is 2. The quantitative estimate of drug-likeness (QED) is 0.660. The van der Waals surface area contributed by atoms with Gasteiger partial charge >= 0.3 is 6.03 Å². The number of benzene rings is 2. The third-order valence-corrected chi connectivity index (χ3v) is 3.70. The molecule has 0 radical (unpaired) electrons. The van der Waals surface area contributed by atoms with Gasteiger partial charge in [-0.15, -0.1) is 0 Å². The largest absolute Gasteiger partial charge is 0.436 e. The highest BCUT2D eigenvalue weighted by molar-refractivity contribution is 6.31. The number of urea groups is 1. The Morgan fingerprint density at radius 1 is 1.12 bits per heavy atom. The van der Waals surface area contributed by atoms with Crippen molar-refractivity contribution in [3.05, 3.63) is 46.4 Å². The molecule has 0 bridgehead atoms. The smallest absolute Gasteiger partial charge is 0.319 e. The standard InChI is InChI=1S/C17H15Cl2N3O2/c1-9(2)20-17(23)22-13-5-3-10(18)7-12(13)16-21-14-8-11(19)4-6-15(14)24-16/h3-9H,1-2H3,(H2,20,22,23). The molecule has 0 aliphatic carbocycles. The van der Waals surface area contributed by atoms with Gasteiger partial charge in [0.1, 0.15) is 5.52 Å². The van der Waals surface area contributed by atoms with E-state index in [1.54, 1.807) is 36.4 Å². The number of fused-ring (bicyclic) bond motifs is 1. The van der Waals surface area contributed by atoms with Gasteiger partial charge in [-0.2, -0.15) is 0 Å². The van der Waals surface area contributed by atoms with Gasteiger partial charge in [-0.05, 0) is 50.2 Å². The molecule has 0 aliphatic rings. The van der Waals surface area contributed by atoms with E-state index in [4.69, 9.17) is 27.6 Å². The molecule has 3 rings (SSSR count). The molecule has 0 saturated heterocycles. The molecule has 5 nitrogen and oxygen atoms in total. The van der Waals surface area contributed by atoms with Crippen molar-refractivity contribution in [1.29, 1.82) is 0 Å². The molecule has 0 unspecified atom stereocenters. The average Bonchev–Trinajstić information content (AvgIpc) is 2.91. The van der Waals surface area contributed by atoms with E-state index in [2.05, 4.69) is 15.6 Å². The number of nitrogens with zero attached hydrogens (tertiary/aromatic N) is 1. The number of rotatable bonds is 3. The van der Waals surface area contributed by atoms with Crippen LogP contribution in [0.25, 0.3) is 22.6 Å². The zero-order valence-corrected chi connectivity index (χ0v) is 14.6. The molecule has 2 amide bonds. The van der Waals surface area contributed by atoms with E-state index < -0.39 is 0 Å². The van der Waals surface area contributed by atoms with E-state index in [1.165, 1.54) is 0 Å². The van der Waals surface area contributed by atoms with Gasteiger partial charge in [-0.25, -0.2) is 9.78 Å². The van der Waals surface area contributed by atoms with Crippen molar-refractivity contribution in [3.8, 4) is 11.5 Å². The van der Waals surface area contributed by atoms with Crippen LogP contribution in [0, 0.1) is 0 Å². The van der Waals surface area contributed by atoms with Crippen molar-refractivity contribution in [3.63, 3.8) is 0 Å². The molecular weight excluding hydrogens is 349 g/mol. The molecule has 2 aromatic carbocycles. The predicted molar refractivity (Wildman–Crippen MR) is 96.8 cm³/mol. The van der Waals surface area contributed by atoms with Crippen LogP contribution in [0.3, 0.4) is 0 Å². The summed E-state index contributed by atoms with van der Waals surface area (Å²) in [5, 5.41) is 6.64. The Balaban J connectivity index is 2.01. The first kappa shape index (κ1) is 16.6. The van der Waals surface area contributed by atoms with E-state index in [1.807, 2.05) is 13.8 Å². The number of anilines is 1. The van der Waals surface area contributed by atoms with Gasteiger partial charge in [-0.3, -0.25) is 0 Å². The lowest BCUT2D eigenvalue weighted by molar-refractivity contribution is 0.250. The summed E-state index contributed by atoms with van der Waals surface area (Å²) in [6, 6.07) is 9.99. The lowest BCUT2D eigenvalue weighted by Gasteiger charge is -2.12. The molecule has 24 heavy (non-hydrogen) atoms. The average molecular weight is 364 g/mol. The first-order valence-corrected chi connectivity index (χ1v) is 8.11. The summed E-state index contributed by atoms with van der Waals surface area (Å²) >= 11 is 12.1. The lowest BCUT2D eigenvalue weighted by atomic mass is 10.1. The molecule has 124 valence electrons. The third kappa shape index (κ3) is 3.63. The van der Waals surface area contributed by atoms with Crippen LogP contribution >= 0.6 is 23.2 Å². The minimum absolute atomic E-state index is 0.0206. The van der Waals surface area contributed by atoms with Crippen LogP contribution in [-0.2, 0) is 0 Å². The summed E-state index contributed by atoms with van der Waals surface area (Å²) in [5.74, 6) is 0.356. The van der Waals surface area contributed by atoms with Crippen LogP contribution in [0.4, 0.5) is 10.5 Å². The Morgan fingerprint density at radius 3 is 2.58 bits per heavy atom. The second-order valence-electron chi connectivity index (χ2n) is 5.57. The van der Waals surface area contributed by atoms with Gasteiger partial charge < -0.3 is 15.1 Å². The number of nitrogens with one attached hydrogen (secondary N) is 2. The Hall–Kier alpha value is -2.24. The highest BCUT2D eigenvalue weighted by atomic mass is 35.5. The molecule has 1 heterocycles. The van der Waals surface area contributed by atoms with Crippen molar-refractivity contribution < 1.29 is 9.21 Å². The lowest BCUT2D eigenvalue weighted by Crippen LogP contribution is -2.34. The van der Waals surface area contributed by atoms with Gasteiger partial charge in [0.2, 0.25) is 5.89 Å². The molecule has 0 saturated carbocycles. The number of carbonyl (C=O) groups excluding carboxylic acids is 1. The molecule has 1 aromatic heterocycles. The summed E-state index contributed by atoms with van der Waals surface area (Å²) in [4.78, 5) is 16.4. The Kier molecular flexibility index (Phi) is 4.64. The maximum atomic E-state index is 12.0. The Bertz CT molecular complexity index is 906. The fourth-order valence-electron chi connectivity index (χ4n) is 2.24. The fourth-order valence-corrected chi connectivity index (χ4v) is 2.58. The van der Waals surface area contributed by atoms with Gasteiger partial charge in [0.05, 0.1) is 11.3 Å². The second kappa shape index (κ2) is 6.71. The maximum Gasteiger partial charge on any atom is 0.319 e. The minimum Gasteiger partial charge on any atom is -0.436 e. The van der Waals surface area contributed by atoms with Crippen molar-refractivity contribution in [2.24, 2.45) is 0 Å². The molecule has 0 fully saturated rings. The monoisotopic (exact) mass is 363 g/mol. The van der Waals surface area contributed by atoms with E-state index >= 15 is 0 Å². The fraction of sp³-hybridized carbons (Fsp3) is 0.176. The molecule has 0 atom stereocenters. The van der Waals surface area contributed by atoms with Crippen molar-refractivity contribution >= 4 is 46.0 Å². The Labute approximate surface area is 149 Å². The minimum atomic E-state index is -0.312. The number of oxazole rings is 1. The summed E-state index contributed by atoms with van der Waals surface area (Å²) in [7, 11) is 0. The van der Waals surface area contributed by atoms with Gasteiger partial charge in [0.25, 0.3) is 0 Å². The van der Waals surface area contributed by atoms with E-state index in [-0.39, 0.29) is 12.1 Å². The summed E-state index contributed by atoms with van der Waals surface area (Å²) in [5.41, 5.74) is 2.38. The van der Waals surface area contributed by atoms with Crippen LogP contribution < -0.4 is 10.6 Å². The van der Waals surface area contributed by atoms with Crippen LogP contribution in [-0.4, -0.2) is 17.1 Å². The molecule has 0 spiro atoms. The summed E-state index contributed by atoms with van der Waals surface area (Å²) in [6.07, 6.45) is 0. The second-order valence-corrected chi connectivity index (χ2v) is 6.45. The molecule has 0 aliphatic heterocycles. The summed E-state index contributed by atoms with van der Waals surface area (Å²) in [6.45, 7) is 3.76. The van der Waals surface area contributed by atoms with E-state index in [0.717, 1.165) is 0 Å². The molecule has 7 heteroatoms. The van der Waals surface area contributed by atoms with Gasteiger partial charge in [0.15, 0.2) is 5.58 Å². The van der Waals surface area contributed by atoms with Crippen molar-refractivity contribution in [1.82, 2.24) is 10.3 Å². The number of hydrogen-bond donors (Lipinski definition) is 2. The third-order valence-electron chi connectivity index (χ3n) is 3.23. The molecular formula is C17H15Cl2N3O2. The number of amides is 2. The molecule has 2 N–H and O–H groups in total. The zero-order chi connectivity index (χ0) is 17.3. The van der Waals surface area contributed by atoms with E-state index in [9.17, 15) is 4.79 Å². The topological polar surface area (TPSA) is 67.2 Å². The van der Waals surface area contributed by atoms with Crippen LogP contribution in [0.1, 0.15) is 13.8 Å². The highest BCUT2D eigenvalue weighted by Gasteiger charge is 2.15. The van der Waals surface area contributed by atoms with Crippen molar-refractivity contribution in [2.45, 2.75) is 19.9 Å². The van der Waals surface area contributed by atoms with Crippen LogP contribution in [0.2, 0.25) is 10.0 Å². The first-order valence-electron chi connectivity index (χ1n) is 7.36. The van der Waals surface area contributed by atoms with Crippen LogP contribution in [0.15, 0.2) is 40.8 Å². The first-order chi connectivity index (χ1) is 11.4. The highest BCUT2D eigenvalue weighted by Crippen LogP contribution is 2.33. The number of aromatic nitrogens is 1. The normalized spacial score (nSPS) is 11.0. The SMILES string of the molecule is CC(C)NC(=O)Nc1ccc(Cl)cc1-c1nc2cc(Cl)ccc2o1. The van der Waals surface area contributed by atoms with Crippen molar-refractivity contribution in [2.75, 3.05) is 5.32 Å². The van der Waals surface area contributed by atoms with Crippen LogP contribution in [0.5, 0.6) is 0 Å². The van der Waals surface area contributed by atoms with Gasteiger partial charge in [0, 0.05) is 16.1 Å². The predicted octanol–water partition coefficient (Wildman–Crippen LogP) is 5.33. The van der Waals surface area contributed by atoms with E-state index in [0.29, 0.717) is 38.3 Å². The Morgan fingerprint density at radius 2 is 1.83 bits per heavy atom. The maximum absolute atomic E-state index is 12.0. The number of hydrogen-bond acceptors (Lipinski definition) is 3. The number of carbonyl (C=O) groups is 1. The van der Waals surface area contributed by atoms with Gasteiger partial charge in [-0.1, -0.05) is 23.2 Å². The summed E-state index contributed by atoms with van der Waals surface area (Å²) < 4.78 is 5.77. The zero-order valence-electron chi connectivity index (χ0n) is 13.1. The molecule has 3 aromatic rings.